The minimum atomic E-state index is -3.47. The molecule has 7 heteroatoms. The first-order chi connectivity index (χ1) is 12.6. The Labute approximate surface area is 154 Å². The molecular weight excluding hydrogens is 352 g/mol. The lowest BCUT2D eigenvalue weighted by Gasteiger charge is -2.26. The molecule has 0 N–H and O–H groups in total. The molecule has 0 saturated carbocycles. The third-order valence-electron chi connectivity index (χ3n) is 4.00. The minimum absolute atomic E-state index is 0.277. The van der Waals surface area contributed by atoms with Gasteiger partial charge in [-0.1, -0.05) is 0 Å². The maximum Gasteiger partial charge on any atom is 0.243 e. The molecule has 26 heavy (non-hydrogen) atoms. The lowest BCUT2D eigenvalue weighted by molar-refractivity contribution is 0.0730. The van der Waals surface area contributed by atoms with Crippen LogP contribution in [0.4, 0.5) is 5.69 Å². The molecule has 138 valence electrons. The van der Waals surface area contributed by atoms with Gasteiger partial charge in [0.05, 0.1) is 30.4 Å². The van der Waals surface area contributed by atoms with Gasteiger partial charge in [0.15, 0.2) is 0 Å². The number of rotatable bonds is 6. The summed E-state index contributed by atoms with van der Waals surface area (Å²) in [5.74, 6) is 0.822. The summed E-state index contributed by atoms with van der Waals surface area (Å²) in [6.07, 6.45) is 1.74. The van der Waals surface area contributed by atoms with Gasteiger partial charge in [0, 0.05) is 19.3 Å². The highest BCUT2D eigenvalue weighted by Gasteiger charge is 2.25. The third kappa shape index (κ3) is 4.49. The molecule has 0 unspecified atom stereocenters. The quantitative estimate of drug-likeness (QED) is 0.729. The summed E-state index contributed by atoms with van der Waals surface area (Å²) >= 11 is 0. The largest absolute Gasteiger partial charge is 0.494 e. The number of sulfonamides is 1. The van der Waals surface area contributed by atoms with Crippen molar-refractivity contribution in [3.63, 3.8) is 0 Å². The average Bonchev–Trinajstić information content (AvgIpc) is 2.69. The van der Waals surface area contributed by atoms with Crippen LogP contribution < -0.4 is 4.74 Å². The van der Waals surface area contributed by atoms with E-state index in [-0.39, 0.29) is 4.90 Å². The number of hydrogen-bond donors (Lipinski definition) is 0. The highest BCUT2D eigenvalue weighted by atomic mass is 32.2. The molecule has 0 spiro atoms. The zero-order valence-electron chi connectivity index (χ0n) is 14.7. The predicted octanol–water partition coefficient (Wildman–Crippen LogP) is 2.86. The maximum atomic E-state index is 12.6. The molecule has 0 amide bonds. The number of benzene rings is 2. The summed E-state index contributed by atoms with van der Waals surface area (Å²) < 4.78 is 37.2. The SMILES string of the molecule is CCOc1ccc(C=Nc2ccc(S(=O)(=O)N3CCOCC3)cc2)cc1. The molecule has 1 fully saturated rings. The van der Waals surface area contributed by atoms with Gasteiger partial charge in [-0.15, -0.1) is 0 Å². The van der Waals surface area contributed by atoms with Gasteiger partial charge >= 0.3 is 0 Å². The van der Waals surface area contributed by atoms with Crippen molar-refractivity contribution in [3.8, 4) is 5.75 Å². The van der Waals surface area contributed by atoms with Gasteiger partial charge < -0.3 is 9.47 Å². The van der Waals surface area contributed by atoms with E-state index in [1.807, 2.05) is 31.2 Å². The Kier molecular flexibility index (Phi) is 6.03. The molecule has 1 saturated heterocycles. The van der Waals surface area contributed by atoms with Crippen LogP contribution in [0.15, 0.2) is 58.4 Å². The van der Waals surface area contributed by atoms with Crippen LogP contribution in [0.1, 0.15) is 12.5 Å². The van der Waals surface area contributed by atoms with Crippen molar-refractivity contribution in [2.24, 2.45) is 4.99 Å². The Morgan fingerprint density at radius 2 is 1.73 bits per heavy atom. The predicted molar refractivity (Wildman–Crippen MR) is 101 cm³/mol. The molecule has 2 aromatic carbocycles. The molecule has 6 nitrogen and oxygen atoms in total. The fourth-order valence-corrected chi connectivity index (χ4v) is 4.01. The Morgan fingerprint density at radius 3 is 2.35 bits per heavy atom. The minimum Gasteiger partial charge on any atom is -0.494 e. The zero-order valence-corrected chi connectivity index (χ0v) is 15.5. The first-order valence-corrected chi connectivity index (χ1v) is 9.98. The van der Waals surface area contributed by atoms with Crippen LogP contribution in [0, 0.1) is 0 Å². The van der Waals surface area contributed by atoms with E-state index in [4.69, 9.17) is 9.47 Å². The van der Waals surface area contributed by atoms with Crippen molar-refractivity contribution in [2.75, 3.05) is 32.9 Å². The summed E-state index contributed by atoms with van der Waals surface area (Å²) in [6, 6.07) is 14.2. The van der Waals surface area contributed by atoms with E-state index in [1.165, 1.54) is 4.31 Å². The summed E-state index contributed by atoms with van der Waals surface area (Å²) in [5.41, 5.74) is 1.64. The van der Waals surface area contributed by atoms with Gasteiger partial charge in [-0.05, 0) is 61.0 Å². The third-order valence-corrected chi connectivity index (χ3v) is 5.91. The van der Waals surface area contributed by atoms with E-state index in [2.05, 4.69) is 4.99 Å². The van der Waals surface area contributed by atoms with E-state index < -0.39 is 10.0 Å². The number of nitrogens with zero attached hydrogens (tertiary/aromatic N) is 2. The molecular formula is C19H22N2O4S. The van der Waals surface area contributed by atoms with Gasteiger partial charge in [-0.3, -0.25) is 4.99 Å². The van der Waals surface area contributed by atoms with Gasteiger partial charge in [0.1, 0.15) is 5.75 Å². The summed E-state index contributed by atoms with van der Waals surface area (Å²) in [4.78, 5) is 4.67. The first-order valence-electron chi connectivity index (χ1n) is 8.54. The Balaban J connectivity index is 1.69. The number of aliphatic imine (C=N–C) groups is 1. The Hall–Kier alpha value is -2.22. The lowest BCUT2D eigenvalue weighted by Crippen LogP contribution is -2.40. The van der Waals surface area contributed by atoms with E-state index in [0.717, 1.165) is 11.3 Å². The van der Waals surface area contributed by atoms with Crippen LogP contribution in [-0.4, -0.2) is 51.8 Å². The molecule has 1 aliphatic rings. The Morgan fingerprint density at radius 1 is 1.08 bits per heavy atom. The highest BCUT2D eigenvalue weighted by molar-refractivity contribution is 7.89. The molecule has 0 radical (unpaired) electrons. The van der Waals surface area contributed by atoms with E-state index >= 15 is 0 Å². The normalized spacial score (nSPS) is 16.0. The fourth-order valence-electron chi connectivity index (χ4n) is 2.61. The van der Waals surface area contributed by atoms with Gasteiger partial charge in [-0.25, -0.2) is 8.42 Å². The molecule has 0 aliphatic carbocycles. The van der Waals surface area contributed by atoms with Crippen LogP contribution >= 0.6 is 0 Å². The average molecular weight is 374 g/mol. The van der Waals surface area contributed by atoms with Crippen LogP contribution in [-0.2, 0) is 14.8 Å². The Bertz CT molecular complexity index is 840. The standard InChI is InChI=1S/C19H22N2O4S/c1-2-25-18-7-3-16(4-8-18)15-20-17-5-9-19(10-6-17)26(22,23)21-11-13-24-14-12-21/h3-10,15H,2,11-14H2,1H3. The van der Waals surface area contributed by atoms with Crippen LogP contribution in [0.5, 0.6) is 5.75 Å². The zero-order chi connectivity index (χ0) is 18.4. The number of morpholine rings is 1. The van der Waals surface area contributed by atoms with E-state index in [0.29, 0.717) is 38.6 Å². The van der Waals surface area contributed by atoms with Gasteiger partial charge in [-0.2, -0.15) is 4.31 Å². The smallest absolute Gasteiger partial charge is 0.243 e. The van der Waals surface area contributed by atoms with Crippen LogP contribution in [0.2, 0.25) is 0 Å². The number of ether oxygens (including phenoxy) is 2. The van der Waals surface area contributed by atoms with Gasteiger partial charge in [0.2, 0.25) is 10.0 Å². The second-order valence-electron chi connectivity index (χ2n) is 5.77. The molecule has 0 aromatic heterocycles. The van der Waals surface area contributed by atoms with E-state index in [1.54, 1.807) is 30.5 Å². The topological polar surface area (TPSA) is 68.2 Å². The summed E-state index contributed by atoms with van der Waals surface area (Å²) in [7, 11) is -3.47. The first kappa shape index (κ1) is 18.6. The van der Waals surface area contributed by atoms with Crippen molar-refractivity contribution in [1.82, 2.24) is 4.31 Å². The van der Waals surface area contributed by atoms with Crippen LogP contribution in [0.3, 0.4) is 0 Å². The second-order valence-corrected chi connectivity index (χ2v) is 7.71. The molecule has 0 bridgehead atoms. The van der Waals surface area contributed by atoms with Crippen molar-refractivity contribution in [1.29, 1.82) is 0 Å². The lowest BCUT2D eigenvalue weighted by atomic mass is 10.2. The molecule has 1 heterocycles. The van der Waals surface area contributed by atoms with Gasteiger partial charge in [0.25, 0.3) is 0 Å². The molecule has 3 rings (SSSR count). The van der Waals surface area contributed by atoms with E-state index in [9.17, 15) is 8.42 Å². The second kappa shape index (κ2) is 8.44. The highest BCUT2D eigenvalue weighted by Crippen LogP contribution is 2.21. The number of hydrogen-bond acceptors (Lipinski definition) is 5. The summed E-state index contributed by atoms with van der Waals surface area (Å²) in [5, 5.41) is 0. The molecule has 0 atom stereocenters. The maximum absolute atomic E-state index is 12.6. The summed E-state index contributed by atoms with van der Waals surface area (Å²) in [6.45, 7) is 4.22. The van der Waals surface area contributed by atoms with Crippen molar-refractivity contribution in [2.45, 2.75) is 11.8 Å². The fraction of sp³-hybridized carbons (Fsp3) is 0.316. The molecule has 2 aromatic rings. The van der Waals surface area contributed by atoms with Crippen LogP contribution in [0.25, 0.3) is 0 Å². The monoisotopic (exact) mass is 374 g/mol. The van der Waals surface area contributed by atoms with Crippen molar-refractivity contribution < 1.29 is 17.9 Å². The molecule has 1 aliphatic heterocycles. The van der Waals surface area contributed by atoms with Crippen molar-refractivity contribution in [3.05, 3.63) is 54.1 Å². The van der Waals surface area contributed by atoms with Crippen molar-refractivity contribution >= 4 is 21.9 Å².